The first-order valence-electron chi connectivity index (χ1n) is 6.08. The van der Waals surface area contributed by atoms with Crippen LogP contribution in [0.2, 0.25) is 0 Å². The number of carboxylic acid groups (broad SMARTS) is 1. The van der Waals surface area contributed by atoms with Crippen LogP contribution in [0.4, 0.5) is 13.2 Å². The maximum atomic E-state index is 13.0. The van der Waals surface area contributed by atoms with E-state index in [1.807, 2.05) is 0 Å². The Balaban J connectivity index is 2.47. The number of furan rings is 1. The van der Waals surface area contributed by atoms with Gasteiger partial charge < -0.3 is 14.3 Å². The lowest BCUT2D eigenvalue weighted by Gasteiger charge is -2.14. The van der Waals surface area contributed by atoms with Gasteiger partial charge in [-0.2, -0.15) is 13.2 Å². The van der Waals surface area contributed by atoms with Crippen molar-refractivity contribution in [2.24, 2.45) is 0 Å². The van der Waals surface area contributed by atoms with E-state index >= 15 is 0 Å². The van der Waals surface area contributed by atoms with E-state index in [0.717, 1.165) is 19.3 Å². The highest BCUT2D eigenvalue weighted by atomic mass is 19.4. The number of ether oxygens (including phenoxy) is 1. The van der Waals surface area contributed by atoms with Crippen LogP contribution in [0.15, 0.2) is 40.8 Å². The lowest BCUT2D eigenvalue weighted by Crippen LogP contribution is -2.08. The fourth-order valence-corrected chi connectivity index (χ4v) is 1.91. The molecule has 0 amide bonds. The lowest BCUT2D eigenvalue weighted by molar-refractivity contribution is -0.138. The van der Waals surface area contributed by atoms with Crippen LogP contribution >= 0.6 is 0 Å². The van der Waals surface area contributed by atoms with Crippen molar-refractivity contribution in [3.63, 3.8) is 0 Å². The first kappa shape index (κ1) is 15.7. The van der Waals surface area contributed by atoms with Gasteiger partial charge in [-0.15, -0.1) is 0 Å². The molecule has 0 bridgehead atoms. The molecule has 0 aliphatic heterocycles. The van der Waals surface area contributed by atoms with E-state index in [1.54, 1.807) is 0 Å². The van der Waals surface area contributed by atoms with Crippen LogP contribution in [-0.4, -0.2) is 18.2 Å². The number of benzene rings is 1. The van der Waals surface area contributed by atoms with Gasteiger partial charge in [0.2, 0.25) is 0 Å². The maximum Gasteiger partial charge on any atom is 0.419 e. The van der Waals surface area contributed by atoms with Gasteiger partial charge in [0.1, 0.15) is 17.3 Å². The van der Waals surface area contributed by atoms with E-state index in [1.165, 1.54) is 30.3 Å². The number of rotatable bonds is 4. The predicted molar refractivity (Wildman–Crippen MR) is 72.4 cm³/mol. The second-order valence-electron chi connectivity index (χ2n) is 4.26. The molecule has 0 spiro atoms. The topological polar surface area (TPSA) is 59.7 Å². The van der Waals surface area contributed by atoms with E-state index in [4.69, 9.17) is 14.3 Å². The van der Waals surface area contributed by atoms with Gasteiger partial charge >= 0.3 is 12.1 Å². The molecule has 0 saturated carbocycles. The first-order chi connectivity index (χ1) is 10.3. The smallest absolute Gasteiger partial charge is 0.419 e. The molecule has 1 heterocycles. The monoisotopic (exact) mass is 312 g/mol. The Morgan fingerprint density at radius 2 is 2.00 bits per heavy atom. The Bertz CT molecular complexity index is 714. The van der Waals surface area contributed by atoms with Crippen LogP contribution < -0.4 is 4.74 Å². The van der Waals surface area contributed by atoms with Gasteiger partial charge in [-0.1, -0.05) is 6.07 Å². The highest BCUT2D eigenvalue weighted by Crippen LogP contribution is 2.42. The average Bonchev–Trinajstić information content (AvgIpc) is 2.92. The van der Waals surface area contributed by atoms with E-state index < -0.39 is 17.7 Å². The maximum absolute atomic E-state index is 13.0. The summed E-state index contributed by atoms with van der Waals surface area (Å²) in [5, 5.41) is 8.53. The number of halogens is 3. The summed E-state index contributed by atoms with van der Waals surface area (Å²) in [6, 6.07) is 6.48. The van der Waals surface area contributed by atoms with Crippen LogP contribution in [0.5, 0.6) is 5.75 Å². The van der Waals surface area contributed by atoms with E-state index in [0.29, 0.717) is 0 Å². The van der Waals surface area contributed by atoms with Crippen LogP contribution in [0.25, 0.3) is 17.4 Å². The van der Waals surface area contributed by atoms with Gasteiger partial charge in [0.25, 0.3) is 0 Å². The molecule has 1 N–H and O–H groups in total. The van der Waals surface area contributed by atoms with Crippen molar-refractivity contribution in [2.45, 2.75) is 6.18 Å². The minimum absolute atomic E-state index is 0.132. The molecule has 0 aliphatic rings. The van der Waals surface area contributed by atoms with Gasteiger partial charge in [0.15, 0.2) is 0 Å². The van der Waals surface area contributed by atoms with Gasteiger partial charge in [0.05, 0.1) is 18.2 Å². The molecular formula is C15H11F3O4. The number of methoxy groups -OCH3 is 1. The van der Waals surface area contributed by atoms with Crippen molar-refractivity contribution in [1.82, 2.24) is 0 Å². The minimum Gasteiger partial charge on any atom is -0.495 e. The van der Waals surface area contributed by atoms with Crippen LogP contribution in [0, 0.1) is 0 Å². The SMILES string of the molecule is COc1c(-c2ccc(/C=C/C(=O)O)o2)cccc1C(F)(F)F. The highest BCUT2D eigenvalue weighted by Gasteiger charge is 2.35. The van der Waals surface area contributed by atoms with E-state index in [9.17, 15) is 18.0 Å². The summed E-state index contributed by atoms with van der Waals surface area (Å²) in [6.45, 7) is 0. The number of carboxylic acids is 1. The lowest BCUT2D eigenvalue weighted by atomic mass is 10.1. The Labute approximate surface area is 123 Å². The third-order valence-corrected chi connectivity index (χ3v) is 2.81. The molecule has 4 nitrogen and oxygen atoms in total. The summed E-state index contributed by atoms with van der Waals surface area (Å²) in [7, 11) is 1.14. The zero-order chi connectivity index (χ0) is 16.3. The number of carbonyl (C=O) groups is 1. The molecule has 0 fully saturated rings. The molecule has 7 heteroatoms. The Morgan fingerprint density at radius 1 is 1.27 bits per heavy atom. The number of alkyl halides is 3. The van der Waals surface area contributed by atoms with Gasteiger partial charge in [-0.3, -0.25) is 0 Å². The quantitative estimate of drug-likeness (QED) is 0.865. The molecule has 22 heavy (non-hydrogen) atoms. The summed E-state index contributed by atoms with van der Waals surface area (Å²) in [6.07, 6.45) is -2.49. The Morgan fingerprint density at radius 3 is 2.59 bits per heavy atom. The summed E-state index contributed by atoms with van der Waals surface area (Å²) >= 11 is 0. The summed E-state index contributed by atoms with van der Waals surface area (Å²) < 4.78 is 49.1. The largest absolute Gasteiger partial charge is 0.495 e. The van der Waals surface area contributed by atoms with Crippen molar-refractivity contribution in [3.05, 3.63) is 47.7 Å². The first-order valence-corrected chi connectivity index (χ1v) is 6.08. The molecule has 1 aromatic heterocycles. The van der Waals surface area contributed by atoms with Crippen LogP contribution in [-0.2, 0) is 11.0 Å². The molecule has 2 aromatic rings. The normalized spacial score (nSPS) is 11.8. The van der Waals surface area contributed by atoms with Crippen molar-refractivity contribution in [3.8, 4) is 17.1 Å². The van der Waals surface area contributed by atoms with Crippen molar-refractivity contribution >= 4 is 12.0 Å². The number of hydrogen-bond donors (Lipinski definition) is 1. The molecule has 0 saturated heterocycles. The average molecular weight is 312 g/mol. The molecule has 116 valence electrons. The van der Waals surface area contributed by atoms with Crippen molar-refractivity contribution in [1.29, 1.82) is 0 Å². The standard InChI is InChI=1S/C15H11F3O4/c1-21-14-10(3-2-4-11(14)15(16,17)18)12-7-5-9(22-12)6-8-13(19)20/h2-8H,1H3,(H,19,20)/b8-6+. The molecule has 1 aromatic carbocycles. The highest BCUT2D eigenvalue weighted by molar-refractivity contribution is 5.85. The van der Waals surface area contributed by atoms with Gasteiger partial charge in [-0.25, -0.2) is 4.79 Å². The Hall–Kier alpha value is -2.70. The van der Waals surface area contributed by atoms with E-state index in [2.05, 4.69) is 0 Å². The molecule has 2 rings (SSSR count). The minimum atomic E-state index is -4.56. The summed E-state index contributed by atoms with van der Waals surface area (Å²) in [5.74, 6) is -1.16. The fourth-order valence-electron chi connectivity index (χ4n) is 1.91. The number of aliphatic carboxylic acids is 1. The molecule has 0 radical (unpaired) electrons. The summed E-state index contributed by atoms with van der Waals surface area (Å²) in [5.41, 5.74) is -0.779. The van der Waals surface area contributed by atoms with Gasteiger partial charge in [0, 0.05) is 6.08 Å². The second-order valence-corrected chi connectivity index (χ2v) is 4.26. The van der Waals surface area contributed by atoms with Gasteiger partial charge in [-0.05, 0) is 30.3 Å². The third-order valence-electron chi connectivity index (χ3n) is 2.81. The number of para-hydroxylation sites is 1. The van der Waals surface area contributed by atoms with Crippen molar-refractivity contribution in [2.75, 3.05) is 7.11 Å². The molecule has 0 atom stereocenters. The van der Waals surface area contributed by atoms with Crippen molar-refractivity contribution < 1.29 is 32.2 Å². The van der Waals surface area contributed by atoms with Crippen LogP contribution in [0.3, 0.4) is 0 Å². The predicted octanol–water partition coefficient (Wildman–Crippen LogP) is 4.07. The summed E-state index contributed by atoms with van der Waals surface area (Å²) in [4.78, 5) is 10.4. The zero-order valence-electron chi connectivity index (χ0n) is 11.3. The van der Waals surface area contributed by atoms with E-state index in [-0.39, 0.29) is 22.8 Å². The molecule has 0 unspecified atom stereocenters. The Kier molecular flexibility index (Phi) is 4.25. The molecular weight excluding hydrogens is 301 g/mol. The number of hydrogen-bond acceptors (Lipinski definition) is 3. The third kappa shape index (κ3) is 3.30. The van der Waals surface area contributed by atoms with Crippen LogP contribution in [0.1, 0.15) is 11.3 Å². The second kappa shape index (κ2) is 5.97. The fraction of sp³-hybridized carbons (Fsp3) is 0.133. The molecule has 0 aliphatic carbocycles. The zero-order valence-corrected chi connectivity index (χ0v) is 11.3.